The summed E-state index contributed by atoms with van der Waals surface area (Å²) in [5.41, 5.74) is 0.444. The molecule has 1 atom stereocenters. The van der Waals surface area contributed by atoms with Crippen molar-refractivity contribution in [3.63, 3.8) is 0 Å². The van der Waals surface area contributed by atoms with Gasteiger partial charge in [-0.15, -0.1) is 0 Å². The molecule has 2 N–H and O–H groups in total. The fourth-order valence-electron chi connectivity index (χ4n) is 1.97. The number of nitrogens with zero attached hydrogens (tertiary/aromatic N) is 1. The molecular formula is C12H14BrNO3. The second-order valence-electron chi connectivity index (χ2n) is 4.21. The third-order valence-electron chi connectivity index (χ3n) is 2.88. The maximum atomic E-state index is 12.1. The zero-order chi connectivity index (χ0) is 12.4. The third kappa shape index (κ3) is 2.79. The predicted molar refractivity (Wildman–Crippen MR) is 67.0 cm³/mol. The van der Waals surface area contributed by atoms with Crippen LogP contribution in [0.25, 0.3) is 0 Å². The van der Waals surface area contributed by atoms with Gasteiger partial charge in [0.1, 0.15) is 5.75 Å². The lowest BCUT2D eigenvalue weighted by Gasteiger charge is -2.30. The molecule has 0 spiro atoms. The molecule has 1 fully saturated rings. The standard InChI is InChI=1S/C12H14BrNO3/c13-10-4-3-8(6-11(10)16)12(17)14-5-1-2-9(15)7-14/h3-4,6,9,15-16H,1-2,5,7H2/t9-/m0/s1. The molecular weight excluding hydrogens is 286 g/mol. The number of β-amino-alcohol motifs (C(OH)–C–C–N with tert-alkyl or cyclic N) is 1. The number of likely N-dealkylation sites (tertiary alicyclic amines) is 1. The van der Waals surface area contributed by atoms with E-state index in [1.807, 2.05) is 0 Å². The van der Waals surface area contributed by atoms with E-state index in [4.69, 9.17) is 0 Å². The Morgan fingerprint density at radius 3 is 2.88 bits per heavy atom. The number of phenols is 1. The van der Waals surface area contributed by atoms with Gasteiger partial charge >= 0.3 is 0 Å². The molecule has 4 nitrogen and oxygen atoms in total. The van der Waals surface area contributed by atoms with Crippen LogP contribution in [0, 0.1) is 0 Å². The van der Waals surface area contributed by atoms with Gasteiger partial charge in [-0.3, -0.25) is 4.79 Å². The van der Waals surface area contributed by atoms with Gasteiger partial charge < -0.3 is 15.1 Å². The summed E-state index contributed by atoms with van der Waals surface area (Å²) in [6.45, 7) is 1.03. The first kappa shape index (κ1) is 12.4. The molecule has 1 aliphatic rings. The van der Waals surface area contributed by atoms with Crippen molar-refractivity contribution in [3.8, 4) is 5.75 Å². The Labute approximate surface area is 108 Å². The number of amides is 1. The molecule has 2 rings (SSSR count). The van der Waals surface area contributed by atoms with Gasteiger partial charge in [0.15, 0.2) is 0 Å². The molecule has 1 aromatic carbocycles. The maximum Gasteiger partial charge on any atom is 0.254 e. The van der Waals surface area contributed by atoms with E-state index in [2.05, 4.69) is 15.9 Å². The van der Waals surface area contributed by atoms with Gasteiger partial charge in [0, 0.05) is 18.7 Å². The van der Waals surface area contributed by atoms with Crippen LogP contribution in [0.4, 0.5) is 0 Å². The van der Waals surface area contributed by atoms with Gasteiger partial charge in [0.2, 0.25) is 0 Å². The van der Waals surface area contributed by atoms with E-state index in [-0.39, 0.29) is 11.7 Å². The molecule has 0 saturated carbocycles. The average molecular weight is 300 g/mol. The quantitative estimate of drug-likeness (QED) is 0.830. The molecule has 92 valence electrons. The lowest BCUT2D eigenvalue weighted by atomic mass is 10.1. The van der Waals surface area contributed by atoms with E-state index in [1.54, 1.807) is 17.0 Å². The lowest BCUT2D eigenvalue weighted by Crippen LogP contribution is -2.42. The molecule has 17 heavy (non-hydrogen) atoms. The number of aliphatic hydroxyl groups is 1. The average Bonchev–Trinajstić information content (AvgIpc) is 2.32. The second kappa shape index (κ2) is 5.06. The van der Waals surface area contributed by atoms with Crippen LogP contribution in [0.2, 0.25) is 0 Å². The molecule has 0 radical (unpaired) electrons. The highest BCUT2D eigenvalue weighted by atomic mass is 79.9. The number of rotatable bonds is 1. The van der Waals surface area contributed by atoms with Crippen molar-refractivity contribution in [2.24, 2.45) is 0 Å². The van der Waals surface area contributed by atoms with Gasteiger partial charge in [0.05, 0.1) is 10.6 Å². The number of carbonyl (C=O) groups is 1. The Bertz CT molecular complexity index is 436. The Morgan fingerprint density at radius 2 is 2.24 bits per heavy atom. The Balaban J connectivity index is 2.15. The summed E-state index contributed by atoms with van der Waals surface area (Å²) in [5, 5.41) is 19.1. The van der Waals surface area contributed by atoms with Gasteiger partial charge in [-0.2, -0.15) is 0 Å². The minimum atomic E-state index is -0.434. The van der Waals surface area contributed by atoms with Crippen LogP contribution in [-0.4, -0.2) is 40.2 Å². The van der Waals surface area contributed by atoms with Crippen molar-refractivity contribution in [3.05, 3.63) is 28.2 Å². The smallest absolute Gasteiger partial charge is 0.254 e. The van der Waals surface area contributed by atoms with Gasteiger partial charge in [-0.25, -0.2) is 0 Å². The van der Waals surface area contributed by atoms with Crippen LogP contribution in [-0.2, 0) is 0 Å². The van der Waals surface area contributed by atoms with Crippen molar-refractivity contribution in [2.45, 2.75) is 18.9 Å². The molecule has 1 amide bonds. The lowest BCUT2D eigenvalue weighted by molar-refractivity contribution is 0.0473. The summed E-state index contributed by atoms with van der Waals surface area (Å²) < 4.78 is 0.563. The van der Waals surface area contributed by atoms with Crippen molar-refractivity contribution < 1.29 is 15.0 Å². The predicted octanol–water partition coefficient (Wildman–Crippen LogP) is 1.75. The SMILES string of the molecule is O=C(c1ccc(Br)c(O)c1)N1CCC[C@H](O)C1. The van der Waals surface area contributed by atoms with Gasteiger partial charge in [-0.05, 0) is 47.0 Å². The van der Waals surface area contributed by atoms with E-state index in [0.29, 0.717) is 23.1 Å². The highest BCUT2D eigenvalue weighted by Crippen LogP contribution is 2.25. The van der Waals surface area contributed by atoms with Crippen molar-refractivity contribution in [1.29, 1.82) is 0 Å². The van der Waals surface area contributed by atoms with Crippen LogP contribution in [0.15, 0.2) is 22.7 Å². The third-order valence-corrected chi connectivity index (χ3v) is 3.55. The van der Waals surface area contributed by atoms with Crippen molar-refractivity contribution >= 4 is 21.8 Å². The molecule has 0 unspecified atom stereocenters. The zero-order valence-corrected chi connectivity index (χ0v) is 10.9. The molecule has 1 aliphatic heterocycles. The van der Waals surface area contributed by atoms with E-state index < -0.39 is 6.10 Å². The van der Waals surface area contributed by atoms with Gasteiger partial charge in [-0.1, -0.05) is 0 Å². The summed E-state index contributed by atoms with van der Waals surface area (Å²) in [4.78, 5) is 13.7. The number of aromatic hydroxyl groups is 1. The number of piperidine rings is 1. The van der Waals surface area contributed by atoms with E-state index in [1.165, 1.54) is 6.07 Å². The second-order valence-corrected chi connectivity index (χ2v) is 5.07. The summed E-state index contributed by atoms with van der Waals surface area (Å²) >= 11 is 3.17. The van der Waals surface area contributed by atoms with E-state index >= 15 is 0 Å². The Morgan fingerprint density at radius 1 is 1.47 bits per heavy atom. The van der Waals surface area contributed by atoms with Crippen LogP contribution < -0.4 is 0 Å². The first-order chi connectivity index (χ1) is 8.08. The van der Waals surface area contributed by atoms with E-state index in [9.17, 15) is 15.0 Å². The molecule has 1 aromatic rings. The number of hydrogen-bond donors (Lipinski definition) is 2. The Hall–Kier alpha value is -1.07. The normalized spacial score (nSPS) is 20.4. The topological polar surface area (TPSA) is 60.8 Å². The number of phenolic OH excluding ortho intramolecular Hbond substituents is 1. The first-order valence-corrected chi connectivity index (χ1v) is 6.33. The fourth-order valence-corrected chi connectivity index (χ4v) is 2.21. The molecule has 0 aromatic heterocycles. The molecule has 1 heterocycles. The van der Waals surface area contributed by atoms with Gasteiger partial charge in [0.25, 0.3) is 5.91 Å². The molecule has 0 bridgehead atoms. The number of halogens is 1. The zero-order valence-electron chi connectivity index (χ0n) is 9.27. The Kier molecular flexibility index (Phi) is 3.69. The van der Waals surface area contributed by atoms with Crippen LogP contribution >= 0.6 is 15.9 Å². The fraction of sp³-hybridized carbons (Fsp3) is 0.417. The first-order valence-electron chi connectivity index (χ1n) is 5.54. The van der Waals surface area contributed by atoms with Crippen LogP contribution in [0.1, 0.15) is 23.2 Å². The van der Waals surface area contributed by atoms with Crippen LogP contribution in [0.3, 0.4) is 0 Å². The molecule has 5 heteroatoms. The van der Waals surface area contributed by atoms with Crippen molar-refractivity contribution in [2.75, 3.05) is 13.1 Å². The molecule has 1 saturated heterocycles. The monoisotopic (exact) mass is 299 g/mol. The highest BCUT2D eigenvalue weighted by molar-refractivity contribution is 9.10. The molecule has 0 aliphatic carbocycles. The summed E-state index contributed by atoms with van der Waals surface area (Å²) in [7, 11) is 0. The number of hydrogen-bond acceptors (Lipinski definition) is 3. The van der Waals surface area contributed by atoms with E-state index in [0.717, 1.165) is 12.8 Å². The van der Waals surface area contributed by atoms with Crippen LogP contribution in [0.5, 0.6) is 5.75 Å². The van der Waals surface area contributed by atoms with Crippen molar-refractivity contribution in [1.82, 2.24) is 4.90 Å². The summed E-state index contributed by atoms with van der Waals surface area (Å²) in [6.07, 6.45) is 1.13. The minimum absolute atomic E-state index is 0.0495. The summed E-state index contributed by atoms with van der Waals surface area (Å²) in [5.74, 6) is -0.0973. The number of carbonyl (C=O) groups excluding carboxylic acids is 1. The number of benzene rings is 1. The highest BCUT2D eigenvalue weighted by Gasteiger charge is 2.23. The minimum Gasteiger partial charge on any atom is -0.507 e. The maximum absolute atomic E-state index is 12.1. The summed E-state index contributed by atoms with van der Waals surface area (Å²) in [6, 6.07) is 4.74. The number of aliphatic hydroxyl groups excluding tert-OH is 1. The largest absolute Gasteiger partial charge is 0.507 e.